The molecule has 0 amide bonds. The van der Waals surface area contributed by atoms with Crippen LogP contribution in [0.4, 0.5) is 0 Å². The van der Waals surface area contributed by atoms with E-state index in [0.717, 1.165) is 0 Å². The van der Waals surface area contributed by atoms with Gasteiger partial charge in [0.25, 0.3) is 0 Å². The Balaban J connectivity index is 0. The fraction of sp³-hybridized carbons (Fsp3) is 0. The zero-order valence-corrected chi connectivity index (χ0v) is 10.4. The second-order valence-corrected chi connectivity index (χ2v) is 0. The summed E-state index contributed by atoms with van der Waals surface area (Å²) >= 11 is 0. The van der Waals surface area contributed by atoms with Crippen molar-refractivity contribution in [2.75, 3.05) is 0 Å². The molecule has 4 heavy (non-hydrogen) atoms. The predicted molar refractivity (Wildman–Crippen MR) is 22.1 cm³/mol. The van der Waals surface area contributed by atoms with E-state index in [0.29, 0.717) is 0 Å². The maximum Gasteiger partial charge on any atom is 0 e. The van der Waals surface area contributed by atoms with Crippen molar-refractivity contribution in [3.05, 3.63) is 0 Å². The van der Waals surface area contributed by atoms with Crippen LogP contribution in [0, 0.1) is 0 Å². The van der Waals surface area contributed by atoms with E-state index in [9.17, 15) is 0 Å². The van der Waals surface area contributed by atoms with Gasteiger partial charge in [0, 0.05) is 22.4 Å². The molecule has 0 aliphatic heterocycles. The molecule has 0 rings (SSSR count). The molecule has 4 heteroatoms. The maximum atomic E-state index is 0. The molecule has 2 N–H and O–H groups in total. The van der Waals surface area contributed by atoms with Crippen LogP contribution >= 0.6 is 0 Å². The number of hydrogen-bond donors (Lipinski definition) is 0. The molecule has 25 valence electrons. The molecular formula is H7BiCaOTa. The molecule has 1 radical (unpaired) electrons. The van der Waals surface area contributed by atoms with E-state index < -0.39 is 0 Å². The Kier molecular flexibility index (Phi) is 123. The van der Waals surface area contributed by atoms with Gasteiger partial charge in [-0.3, -0.25) is 0 Å². The van der Waals surface area contributed by atoms with Crippen molar-refractivity contribution in [1.29, 1.82) is 0 Å². The van der Waals surface area contributed by atoms with Gasteiger partial charge in [-0.2, -0.15) is 0 Å². The molecule has 0 aromatic rings. The smallest absolute Gasteiger partial charge is 0 e. The van der Waals surface area contributed by atoms with Crippen LogP contribution in [0.3, 0.4) is 0 Å². The van der Waals surface area contributed by atoms with E-state index in [4.69, 9.17) is 0 Å². The van der Waals surface area contributed by atoms with E-state index in [1.807, 2.05) is 0 Å². The number of rotatable bonds is 0. The first-order chi connectivity index (χ1) is 0. The van der Waals surface area contributed by atoms with Crippen LogP contribution in [0.2, 0.25) is 0 Å². The molecule has 0 bridgehead atoms. The predicted octanol–water partition coefficient (Wildman–Crippen LogP) is -2.93. The molecule has 0 saturated heterocycles. The molecule has 0 heterocycles. The number of hydrogen-bond acceptors (Lipinski definition) is 0. The Hall–Kier alpha value is 2.84. The summed E-state index contributed by atoms with van der Waals surface area (Å²) in [5.74, 6) is 0. The first-order valence-electron chi connectivity index (χ1n) is 0. The summed E-state index contributed by atoms with van der Waals surface area (Å²) in [6.07, 6.45) is 0. The normalized spacial score (nSPS) is 0. The molecule has 0 aromatic carbocycles. The van der Waals surface area contributed by atoms with Crippen LogP contribution in [-0.2, 0) is 22.4 Å². The van der Waals surface area contributed by atoms with E-state index in [1.165, 1.54) is 0 Å². The Labute approximate surface area is 89.8 Å². The van der Waals surface area contributed by atoms with Gasteiger partial charge >= 0.3 is 63.9 Å². The average molecular weight is 453 g/mol. The SMILES string of the molecule is O.[BiH3].[CaH2].[Ta]. The van der Waals surface area contributed by atoms with Gasteiger partial charge in [-0.25, -0.2) is 0 Å². The Bertz CT molecular complexity index is 8.00. The van der Waals surface area contributed by atoms with Gasteiger partial charge in [0.05, 0.1) is 0 Å². The van der Waals surface area contributed by atoms with Crippen molar-refractivity contribution >= 4 is 63.9 Å². The molecule has 0 aromatic heterocycles. The van der Waals surface area contributed by atoms with Crippen LogP contribution < -0.4 is 0 Å². The summed E-state index contributed by atoms with van der Waals surface area (Å²) in [5, 5.41) is 0. The third-order valence-electron chi connectivity index (χ3n) is 0. The molecule has 0 aliphatic carbocycles. The zero-order chi connectivity index (χ0) is 0. The van der Waals surface area contributed by atoms with Gasteiger partial charge in [-0.1, -0.05) is 0 Å². The summed E-state index contributed by atoms with van der Waals surface area (Å²) in [7, 11) is 0. The molecule has 0 saturated carbocycles. The van der Waals surface area contributed by atoms with Gasteiger partial charge in [0.15, 0.2) is 0 Å². The summed E-state index contributed by atoms with van der Waals surface area (Å²) in [6.45, 7) is 0. The fourth-order valence-corrected chi connectivity index (χ4v) is 0. The van der Waals surface area contributed by atoms with Crippen LogP contribution in [0.1, 0.15) is 0 Å². The standard InChI is InChI=1S/Bi.Ca.H2O.Ta.5H/h;;1H2;;;;;;. The Morgan fingerprint density at radius 2 is 1.00 bits per heavy atom. The topological polar surface area (TPSA) is 31.5 Å². The van der Waals surface area contributed by atoms with Crippen LogP contribution in [0.5, 0.6) is 0 Å². The van der Waals surface area contributed by atoms with Crippen LogP contribution in [0.25, 0.3) is 0 Å². The molecule has 0 fully saturated rings. The van der Waals surface area contributed by atoms with Crippen molar-refractivity contribution in [2.45, 2.75) is 0 Å². The molecule has 0 atom stereocenters. The van der Waals surface area contributed by atoms with E-state index in [2.05, 4.69) is 0 Å². The van der Waals surface area contributed by atoms with Crippen molar-refractivity contribution in [3.8, 4) is 0 Å². The van der Waals surface area contributed by atoms with Gasteiger partial charge in [-0.15, -0.1) is 0 Å². The van der Waals surface area contributed by atoms with Crippen molar-refractivity contribution in [3.63, 3.8) is 0 Å². The maximum absolute atomic E-state index is 0. The van der Waals surface area contributed by atoms with Gasteiger partial charge in [-0.05, 0) is 0 Å². The van der Waals surface area contributed by atoms with Gasteiger partial charge in [0.2, 0.25) is 0 Å². The third kappa shape index (κ3) is 8.85. The quantitative estimate of drug-likeness (QED) is 0.353. The minimum absolute atomic E-state index is 0. The summed E-state index contributed by atoms with van der Waals surface area (Å²) in [6, 6.07) is 0. The molecule has 1 nitrogen and oxygen atoms in total. The van der Waals surface area contributed by atoms with Crippen molar-refractivity contribution in [1.82, 2.24) is 0 Å². The monoisotopic (exact) mass is 453 g/mol. The van der Waals surface area contributed by atoms with Gasteiger partial charge < -0.3 is 5.48 Å². The zero-order valence-electron chi connectivity index (χ0n) is 1.65. The van der Waals surface area contributed by atoms with E-state index in [-0.39, 0.29) is 91.8 Å². The minimum atomic E-state index is 0. The first kappa shape index (κ1) is 28.9. The van der Waals surface area contributed by atoms with E-state index >= 15 is 0 Å². The van der Waals surface area contributed by atoms with Crippen molar-refractivity contribution < 1.29 is 27.9 Å². The minimum Gasteiger partial charge on any atom is 0 e. The molecule has 0 unspecified atom stereocenters. The van der Waals surface area contributed by atoms with Crippen LogP contribution in [0.15, 0.2) is 0 Å². The first-order valence-corrected chi connectivity index (χ1v) is 0. The van der Waals surface area contributed by atoms with Gasteiger partial charge in [0.1, 0.15) is 0 Å². The molecule has 0 aliphatic rings. The van der Waals surface area contributed by atoms with Crippen molar-refractivity contribution in [2.24, 2.45) is 0 Å². The second-order valence-electron chi connectivity index (χ2n) is 0. The molecule has 0 spiro atoms. The van der Waals surface area contributed by atoms with E-state index in [1.54, 1.807) is 0 Å². The second kappa shape index (κ2) is 17.0. The summed E-state index contributed by atoms with van der Waals surface area (Å²) < 4.78 is 0. The third-order valence-corrected chi connectivity index (χ3v) is 0. The summed E-state index contributed by atoms with van der Waals surface area (Å²) in [4.78, 5) is 0. The average Bonchev–Trinajstić information content (AvgIpc) is 0. The largest absolute Gasteiger partial charge is 0 e. The van der Waals surface area contributed by atoms with Crippen LogP contribution in [-0.4, -0.2) is 69.4 Å². The molecular weight excluding hydrogens is 446 g/mol. The Morgan fingerprint density at radius 1 is 1.00 bits per heavy atom. The Morgan fingerprint density at radius 3 is 1.00 bits per heavy atom. The fourth-order valence-electron chi connectivity index (χ4n) is 0. The summed E-state index contributed by atoms with van der Waals surface area (Å²) in [5.41, 5.74) is 0.